The maximum absolute atomic E-state index is 15.7. The lowest BCUT2D eigenvalue weighted by Crippen LogP contribution is -2.65. The van der Waals surface area contributed by atoms with Crippen LogP contribution >= 0.6 is 23.4 Å². The van der Waals surface area contributed by atoms with Crippen molar-refractivity contribution in [1.82, 2.24) is 4.84 Å². The van der Waals surface area contributed by atoms with Crippen molar-refractivity contribution in [3.05, 3.63) is 53.4 Å². The molecule has 3 rings (SSSR count). The van der Waals surface area contributed by atoms with Gasteiger partial charge in [0.05, 0.1) is 5.57 Å². The normalized spacial score (nSPS) is 29.8. The second-order valence-corrected chi connectivity index (χ2v) is 7.48. The number of halogens is 3. The molecule has 0 radical (unpaired) electrons. The number of carbonyl (C=O) groups excluding carboxylic acids is 1. The zero-order valence-electron chi connectivity index (χ0n) is 14.8. The molecule has 2 aliphatic carbocycles. The second-order valence-electron chi connectivity index (χ2n) is 6.89. The maximum atomic E-state index is 15.7. The highest BCUT2D eigenvalue weighted by Gasteiger charge is 2.55. The van der Waals surface area contributed by atoms with Crippen LogP contribution in [0.1, 0.15) is 25.7 Å². The lowest BCUT2D eigenvalue weighted by atomic mass is 9.80. The first-order valence-corrected chi connectivity index (χ1v) is 9.54. The van der Waals surface area contributed by atoms with Crippen molar-refractivity contribution >= 4 is 29.3 Å². The fraction of sp³-hybridized carbons (Fsp3) is 0.474. The van der Waals surface area contributed by atoms with Gasteiger partial charge in [0, 0.05) is 36.6 Å². The standard InChI is InChI=1S/C19H21Cl2FN2O3/c1-27-19(24-9-5-2-6-10-24)14(16(22)13-7-3-4-8-13)11-18(26,12-15(19)20)17(25)23-21/h2,5-6,9-13,16H,3-4,7-8H2,1H3,(H,23,25). The zero-order chi connectivity index (χ0) is 19.7. The minimum absolute atomic E-state index is 0.0240. The summed E-state index contributed by atoms with van der Waals surface area (Å²) < 4.78 is 23.0. The van der Waals surface area contributed by atoms with Crippen LogP contribution in [0.3, 0.4) is 0 Å². The van der Waals surface area contributed by atoms with Crippen LogP contribution in [-0.2, 0) is 15.3 Å². The van der Waals surface area contributed by atoms with Crippen molar-refractivity contribution in [3.63, 3.8) is 0 Å². The number of nitrogens with one attached hydrogen (secondary N) is 1. The Balaban J connectivity index is 2.19. The van der Waals surface area contributed by atoms with Crippen LogP contribution < -0.4 is 14.5 Å². The van der Waals surface area contributed by atoms with E-state index in [-0.39, 0.29) is 16.5 Å². The predicted octanol–water partition coefficient (Wildman–Crippen LogP) is 2.23. The van der Waals surface area contributed by atoms with Crippen LogP contribution in [0.15, 0.2) is 53.4 Å². The van der Waals surface area contributed by atoms with E-state index in [1.165, 1.54) is 7.11 Å². The summed E-state index contributed by atoms with van der Waals surface area (Å²) in [5.74, 6) is -1.29. The van der Waals surface area contributed by atoms with Gasteiger partial charge < -0.3 is 9.84 Å². The van der Waals surface area contributed by atoms with Crippen molar-refractivity contribution in [2.75, 3.05) is 7.11 Å². The van der Waals surface area contributed by atoms with Crippen LogP contribution in [0.4, 0.5) is 4.39 Å². The third kappa shape index (κ3) is 3.40. The van der Waals surface area contributed by atoms with Gasteiger partial charge in [-0.2, -0.15) is 4.57 Å². The summed E-state index contributed by atoms with van der Waals surface area (Å²) in [4.78, 5) is 13.9. The van der Waals surface area contributed by atoms with Gasteiger partial charge in [0.2, 0.25) is 5.91 Å². The van der Waals surface area contributed by atoms with Gasteiger partial charge in [0.25, 0.3) is 0 Å². The van der Waals surface area contributed by atoms with Gasteiger partial charge in [0.15, 0.2) is 12.4 Å². The number of alkyl halides is 1. The molecule has 1 N–H and O–H groups in total. The second kappa shape index (κ2) is 7.87. The Bertz CT molecular complexity index is 767. The molecule has 5 nitrogen and oxygen atoms in total. The van der Waals surface area contributed by atoms with Crippen LogP contribution in [0.5, 0.6) is 0 Å². The first-order valence-electron chi connectivity index (χ1n) is 8.78. The molecule has 1 aromatic rings. The van der Waals surface area contributed by atoms with Gasteiger partial charge in [-0.15, -0.1) is 0 Å². The Morgan fingerprint density at radius 2 is 1.96 bits per heavy atom. The van der Waals surface area contributed by atoms with E-state index in [1.807, 2.05) is 4.84 Å². The largest absolute Gasteiger partial charge is 0.836 e. The number of carbonyl (C=O) groups is 1. The van der Waals surface area contributed by atoms with Crippen molar-refractivity contribution in [2.45, 2.75) is 43.2 Å². The summed E-state index contributed by atoms with van der Waals surface area (Å²) in [6, 6.07) is 5.29. The molecule has 1 fully saturated rings. The van der Waals surface area contributed by atoms with Gasteiger partial charge in [-0.25, -0.2) is 4.39 Å². The SMILES string of the molecule is COC1([n+]2ccccc2)C(Cl)=CC([O-])(C(=O)NCl)C=C1C(F)C1CCCC1. The van der Waals surface area contributed by atoms with E-state index < -0.39 is 23.4 Å². The lowest BCUT2D eigenvalue weighted by molar-refractivity contribution is -0.786. The molecule has 1 aromatic heterocycles. The fourth-order valence-corrected chi connectivity index (χ4v) is 4.57. The summed E-state index contributed by atoms with van der Waals surface area (Å²) in [6.45, 7) is 0. The Morgan fingerprint density at radius 3 is 2.52 bits per heavy atom. The highest BCUT2D eigenvalue weighted by molar-refractivity contribution is 6.31. The summed E-state index contributed by atoms with van der Waals surface area (Å²) in [5.41, 5.74) is -3.93. The zero-order valence-corrected chi connectivity index (χ0v) is 16.3. The first kappa shape index (κ1) is 20.3. The Labute approximate surface area is 167 Å². The van der Waals surface area contributed by atoms with Gasteiger partial charge in [0.1, 0.15) is 11.2 Å². The van der Waals surface area contributed by atoms with E-state index in [9.17, 15) is 9.90 Å². The number of hydrogen-bond donors (Lipinski definition) is 1. The average Bonchev–Trinajstić information content (AvgIpc) is 3.22. The molecule has 0 saturated heterocycles. The predicted molar refractivity (Wildman–Crippen MR) is 97.2 cm³/mol. The fourth-order valence-electron chi connectivity index (χ4n) is 3.97. The number of rotatable bonds is 5. The number of pyridine rings is 1. The molecule has 0 bridgehead atoms. The molecule has 3 atom stereocenters. The summed E-state index contributed by atoms with van der Waals surface area (Å²) in [5, 5.41) is 13.0. The number of ether oxygens (including phenoxy) is 1. The van der Waals surface area contributed by atoms with E-state index in [2.05, 4.69) is 0 Å². The van der Waals surface area contributed by atoms with Crippen molar-refractivity contribution in [2.24, 2.45) is 5.92 Å². The van der Waals surface area contributed by atoms with Crippen LogP contribution in [0.2, 0.25) is 0 Å². The molecule has 1 saturated carbocycles. The summed E-state index contributed by atoms with van der Waals surface area (Å²) in [6.07, 6.45) is 7.18. The van der Waals surface area contributed by atoms with Crippen molar-refractivity contribution in [1.29, 1.82) is 0 Å². The minimum atomic E-state index is -2.42. The smallest absolute Gasteiger partial charge is 0.335 e. The highest BCUT2D eigenvalue weighted by atomic mass is 35.5. The first-order chi connectivity index (χ1) is 12.9. The Kier molecular flexibility index (Phi) is 5.91. The average molecular weight is 415 g/mol. The van der Waals surface area contributed by atoms with E-state index in [0.29, 0.717) is 12.8 Å². The number of amides is 1. The lowest BCUT2D eigenvalue weighted by Gasteiger charge is -2.42. The van der Waals surface area contributed by atoms with Crippen LogP contribution in [0, 0.1) is 5.92 Å². The molecule has 0 aromatic carbocycles. The van der Waals surface area contributed by atoms with E-state index in [0.717, 1.165) is 25.0 Å². The van der Waals surface area contributed by atoms with Gasteiger partial charge in [-0.1, -0.05) is 42.7 Å². The molecule has 3 unspecified atom stereocenters. The molecule has 8 heteroatoms. The van der Waals surface area contributed by atoms with Crippen LogP contribution in [0.25, 0.3) is 0 Å². The molecule has 2 aliphatic rings. The molecular formula is C19H21Cl2FN2O3. The summed E-state index contributed by atoms with van der Waals surface area (Å²) in [7, 11) is 1.39. The van der Waals surface area contributed by atoms with E-state index in [1.54, 1.807) is 35.2 Å². The molecule has 146 valence electrons. The van der Waals surface area contributed by atoms with Gasteiger partial charge in [-0.05, 0) is 18.8 Å². The monoisotopic (exact) mass is 414 g/mol. The van der Waals surface area contributed by atoms with Crippen molar-refractivity contribution in [3.8, 4) is 0 Å². The molecule has 27 heavy (non-hydrogen) atoms. The molecular weight excluding hydrogens is 394 g/mol. The maximum Gasteiger partial charge on any atom is 0.335 e. The van der Waals surface area contributed by atoms with Crippen molar-refractivity contribution < 1.29 is 23.6 Å². The summed E-state index contributed by atoms with van der Waals surface area (Å²) >= 11 is 11.9. The molecule has 1 heterocycles. The topological polar surface area (TPSA) is 65.3 Å². The Morgan fingerprint density at radius 1 is 1.33 bits per heavy atom. The third-order valence-electron chi connectivity index (χ3n) is 5.35. The number of aromatic nitrogens is 1. The molecule has 0 spiro atoms. The quantitative estimate of drug-likeness (QED) is 0.456. The Hall–Kier alpha value is -1.47. The minimum Gasteiger partial charge on any atom is -0.836 e. The molecule has 0 aliphatic heterocycles. The van der Waals surface area contributed by atoms with Crippen LogP contribution in [-0.4, -0.2) is 24.8 Å². The third-order valence-corrected chi connectivity index (χ3v) is 5.89. The number of methoxy groups -OCH3 is 1. The van der Waals surface area contributed by atoms with Gasteiger partial charge >= 0.3 is 5.72 Å². The molecule has 1 amide bonds. The van der Waals surface area contributed by atoms with E-state index in [4.69, 9.17) is 28.1 Å². The highest BCUT2D eigenvalue weighted by Crippen LogP contribution is 2.45. The van der Waals surface area contributed by atoms with E-state index >= 15 is 4.39 Å². The number of hydrogen-bond acceptors (Lipinski definition) is 3. The number of nitrogens with zero attached hydrogens (tertiary/aromatic N) is 1. The van der Waals surface area contributed by atoms with Gasteiger partial charge in [-0.3, -0.25) is 9.63 Å².